The number of rotatable bonds is 6. The molecule has 3 amide bonds. The zero-order valence-corrected chi connectivity index (χ0v) is 23.7. The summed E-state index contributed by atoms with van der Waals surface area (Å²) in [6.07, 6.45) is 6.02. The highest BCUT2D eigenvalue weighted by Crippen LogP contribution is 2.33. The molecule has 38 heavy (non-hydrogen) atoms. The highest BCUT2D eigenvalue weighted by atomic mass is 35.5. The Hall–Kier alpha value is -2.64. The molecule has 0 spiro atoms. The first-order chi connectivity index (χ1) is 18.3. The standard InChI is InChI=1S/C30H40ClN5O2/c1-21-8-9-26(16-27(21)31)36(30(38)34-13-5-4-6-14-34)15-7-12-33-17-24-19-35(20-25(24)18-33)29(37)28-22(2)10-11-32-23(28)3/h8-11,16,24-25H,4-7,12-15,17-20H2,1-3H3. The van der Waals surface area contributed by atoms with Gasteiger partial charge in [0, 0.05) is 62.7 Å². The summed E-state index contributed by atoms with van der Waals surface area (Å²) in [5.74, 6) is 1.15. The van der Waals surface area contributed by atoms with Crippen molar-refractivity contribution in [3.63, 3.8) is 0 Å². The molecule has 8 heteroatoms. The number of likely N-dealkylation sites (tertiary alicyclic amines) is 3. The van der Waals surface area contributed by atoms with Gasteiger partial charge in [-0.25, -0.2) is 4.79 Å². The van der Waals surface area contributed by atoms with Gasteiger partial charge in [-0.2, -0.15) is 0 Å². The Morgan fingerprint density at radius 2 is 1.66 bits per heavy atom. The van der Waals surface area contributed by atoms with Gasteiger partial charge < -0.3 is 14.7 Å². The van der Waals surface area contributed by atoms with Gasteiger partial charge in [-0.3, -0.25) is 14.7 Å². The number of benzene rings is 1. The van der Waals surface area contributed by atoms with Gasteiger partial charge in [-0.05, 0) is 94.2 Å². The molecule has 7 nitrogen and oxygen atoms in total. The molecule has 0 radical (unpaired) electrons. The quantitative estimate of drug-likeness (QED) is 0.510. The van der Waals surface area contributed by atoms with Gasteiger partial charge in [0.15, 0.2) is 0 Å². The fourth-order valence-corrected chi connectivity index (χ4v) is 6.58. The summed E-state index contributed by atoms with van der Waals surface area (Å²) < 4.78 is 0. The molecule has 204 valence electrons. The van der Waals surface area contributed by atoms with Crippen molar-refractivity contribution < 1.29 is 9.59 Å². The number of hydrogen-bond acceptors (Lipinski definition) is 4. The van der Waals surface area contributed by atoms with Gasteiger partial charge in [0.1, 0.15) is 0 Å². The molecule has 5 rings (SSSR count). The number of amides is 3. The van der Waals surface area contributed by atoms with E-state index in [1.807, 2.05) is 59.7 Å². The van der Waals surface area contributed by atoms with E-state index in [-0.39, 0.29) is 11.9 Å². The van der Waals surface area contributed by atoms with Gasteiger partial charge in [-0.15, -0.1) is 0 Å². The van der Waals surface area contributed by atoms with Crippen molar-refractivity contribution in [2.45, 2.75) is 46.5 Å². The Morgan fingerprint density at radius 1 is 0.947 bits per heavy atom. The molecule has 1 aromatic heterocycles. The monoisotopic (exact) mass is 537 g/mol. The highest BCUT2D eigenvalue weighted by Gasteiger charge is 2.42. The molecule has 3 aliphatic rings. The molecule has 0 N–H and O–H groups in total. The maximum absolute atomic E-state index is 13.5. The number of piperidine rings is 1. The predicted octanol–water partition coefficient (Wildman–Crippen LogP) is 5.17. The van der Waals surface area contributed by atoms with E-state index in [0.717, 1.165) is 93.1 Å². The number of aromatic nitrogens is 1. The van der Waals surface area contributed by atoms with Gasteiger partial charge in [0.05, 0.1) is 11.3 Å². The molecule has 2 unspecified atom stereocenters. The SMILES string of the molecule is Cc1ccc(N(CCCN2CC3CN(C(=O)c4c(C)ccnc4C)CC3C2)C(=O)N2CCCCC2)cc1Cl. The zero-order chi connectivity index (χ0) is 26.8. The third-order valence-corrected chi connectivity index (χ3v) is 9.00. The van der Waals surface area contributed by atoms with Gasteiger partial charge in [0.25, 0.3) is 5.91 Å². The van der Waals surface area contributed by atoms with Crippen LogP contribution in [0.1, 0.15) is 52.9 Å². The van der Waals surface area contributed by atoms with Crippen LogP contribution in [0.3, 0.4) is 0 Å². The van der Waals surface area contributed by atoms with Crippen molar-refractivity contribution in [3.8, 4) is 0 Å². The molecule has 2 aromatic rings. The normalized spacial score (nSPS) is 21.6. The lowest BCUT2D eigenvalue weighted by Crippen LogP contribution is -2.46. The van der Waals surface area contributed by atoms with Crippen molar-refractivity contribution in [2.75, 3.05) is 57.3 Å². The van der Waals surface area contributed by atoms with E-state index in [1.54, 1.807) is 6.20 Å². The maximum Gasteiger partial charge on any atom is 0.324 e. The third-order valence-electron chi connectivity index (χ3n) is 8.59. The van der Waals surface area contributed by atoms with Gasteiger partial charge in [0.2, 0.25) is 0 Å². The van der Waals surface area contributed by atoms with Crippen LogP contribution in [0, 0.1) is 32.6 Å². The third kappa shape index (κ3) is 5.69. The van der Waals surface area contributed by atoms with Crippen molar-refractivity contribution in [1.29, 1.82) is 0 Å². The van der Waals surface area contributed by atoms with Crippen molar-refractivity contribution in [2.24, 2.45) is 11.8 Å². The van der Waals surface area contributed by atoms with Gasteiger partial charge in [-0.1, -0.05) is 17.7 Å². The zero-order valence-electron chi connectivity index (χ0n) is 23.0. The summed E-state index contributed by atoms with van der Waals surface area (Å²) in [5, 5.41) is 0.696. The second-order valence-corrected chi connectivity index (χ2v) is 11.8. The molecule has 0 saturated carbocycles. The maximum atomic E-state index is 13.5. The molecule has 1 aromatic carbocycles. The van der Waals surface area contributed by atoms with Gasteiger partial charge >= 0.3 is 6.03 Å². The molecular formula is C30H40ClN5O2. The first-order valence-corrected chi connectivity index (χ1v) is 14.5. The summed E-state index contributed by atoms with van der Waals surface area (Å²) in [4.78, 5) is 39.6. The van der Waals surface area contributed by atoms with Crippen LogP contribution in [-0.2, 0) is 0 Å². The van der Waals surface area contributed by atoms with Crippen LogP contribution in [-0.4, -0.2) is 84.0 Å². The first kappa shape index (κ1) is 26.9. The summed E-state index contributed by atoms with van der Waals surface area (Å²) in [6, 6.07) is 7.95. The number of pyridine rings is 1. The number of fused-ring (bicyclic) bond motifs is 1. The Morgan fingerprint density at radius 3 is 2.32 bits per heavy atom. The summed E-state index contributed by atoms with van der Waals surface area (Å²) >= 11 is 6.44. The van der Waals surface area contributed by atoms with Crippen LogP contribution in [0.15, 0.2) is 30.5 Å². The van der Waals surface area contributed by atoms with Crippen LogP contribution in [0.2, 0.25) is 5.02 Å². The van der Waals surface area contributed by atoms with E-state index in [0.29, 0.717) is 23.4 Å². The smallest absolute Gasteiger partial charge is 0.324 e. The summed E-state index contributed by atoms with van der Waals surface area (Å²) in [7, 11) is 0. The largest absolute Gasteiger partial charge is 0.338 e. The lowest BCUT2D eigenvalue weighted by molar-refractivity contribution is 0.0772. The summed E-state index contributed by atoms with van der Waals surface area (Å²) in [6.45, 7) is 12.8. The second-order valence-electron chi connectivity index (χ2n) is 11.3. The van der Waals surface area contributed by atoms with E-state index in [9.17, 15) is 9.59 Å². The van der Waals surface area contributed by atoms with E-state index in [4.69, 9.17) is 11.6 Å². The minimum absolute atomic E-state index is 0.0954. The highest BCUT2D eigenvalue weighted by molar-refractivity contribution is 6.31. The predicted molar refractivity (Wildman–Crippen MR) is 152 cm³/mol. The minimum atomic E-state index is 0.0954. The van der Waals surface area contributed by atoms with E-state index >= 15 is 0 Å². The average Bonchev–Trinajstić information content (AvgIpc) is 3.47. The fraction of sp³-hybridized carbons (Fsp3) is 0.567. The first-order valence-electron chi connectivity index (χ1n) is 14.1. The minimum Gasteiger partial charge on any atom is -0.338 e. The second kappa shape index (κ2) is 11.6. The Balaban J connectivity index is 1.17. The van der Waals surface area contributed by atoms with Crippen LogP contribution < -0.4 is 4.90 Å². The number of aryl methyl sites for hydroxylation is 3. The number of nitrogens with zero attached hydrogens (tertiary/aromatic N) is 5. The van der Waals surface area contributed by atoms with E-state index in [2.05, 4.69) is 9.88 Å². The Labute approximate surface area is 231 Å². The molecule has 0 bridgehead atoms. The van der Waals surface area contributed by atoms with Crippen molar-refractivity contribution in [3.05, 3.63) is 57.9 Å². The molecule has 3 saturated heterocycles. The average molecular weight is 538 g/mol. The van der Waals surface area contributed by atoms with E-state index in [1.165, 1.54) is 6.42 Å². The van der Waals surface area contributed by atoms with Crippen LogP contribution in [0.4, 0.5) is 10.5 Å². The molecule has 0 aliphatic carbocycles. The summed E-state index contributed by atoms with van der Waals surface area (Å²) in [5.41, 5.74) is 4.47. The van der Waals surface area contributed by atoms with Crippen molar-refractivity contribution in [1.82, 2.24) is 19.7 Å². The number of hydrogen-bond donors (Lipinski definition) is 0. The van der Waals surface area contributed by atoms with Crippen molar-refractivity contribution >= 4 is 29.2 Å². The van der Waals surface area contributed by atoms with Crippen LogP contribution in [0.5, 0.6) is 0 Å². The number of halogens is 1. The molecule has 3 aliphatic heterocycles. The Bertz CT molecular complexity index is 1150. The molecule has 4 heterocycles. The van der Waals surface area contributed by atoms with E-state index < -0.39 is 0 Å². The molecular weight excluding hydrogens is 498 g/mol. The molecule has 3 fully saturated rings. The van der Waals surface area contributed by atoms with Crippen LogP contribution in [0.25, 0.3) is 0 Å². The Kier molecular flexibility index (Phi) is 8.24. The van der Waals surface area contributed by atoms with Crippen LogP contribution >= 0.6 is 11.6 Å². The topological polar surface area (TPSA) is 60.0 Å². The number of carbonyl (C=O) groups is 2. The fourth-order valence-electron chi connectivity index (χ4n) is 6.41. The lowest BCUT2D eigenvalue weighted by Gasteiger charge is -2.33. The number of carbonyl (C=O) groups excluding carboxylic acids is 2. The number of urea groups is 1. The lowest BCUT2D eigenvalue weighted by atomic mass is 10.0. The number of anilines is 1. The molecule has 2 atom stereocenters.